The molecule has 26 heavy (non-hydrogen) atoms. The van der Waals surface area contributed by atoms with Gasteiger partial charge in [0, 0.05) is 16.5 Å². The van der Waals surface area contributed by atoms with Crippen LogP contribution < -0.4 is 5.73 Å². The zero-order valence-electron chi connectivity index (χ0n) is 13.8. The van der Waals surface area contributed by atoms with Crippen molar-refractivity contribution in [2.45, 2.75) is 0 Å². The highest BCUT2D eigenvalue weighted by atomic mass is 32.1. The van der Waals surface area contributed by atoms with Crippen LogP contribution >= 0.6 is 11.3 Å². The van der Waals surface area contributed by atoms with E-state index in [2.05, 4.69) is 39.4 Å². The van der Waals surface area contributed by atoms with Crippen LogP contribution in [0.5, 0.6) is 0 Å². The molecule has 0 saturated heterocycles. The SMILES string of the molecule is Nc1ccc2sc3nnc(-c4ccccc4)c(-c4ccccc4)c3c2n1. The van der Waals surface area contributed by atoms with Crippen LogP contribution in [-0.4, -0.2) is 15.2 Å². The Kier molecular flexibility index (Phi) is 3.40. The Morgan fingerprint density at radius 3 is 2.15 bits per heavy atom. The summed E-state index contributed by atoms with van der Waals surface area (Å²) >= 11 is 1.59. The summed E-state index contributed by atoms with van der Waals surface area (Å²) in [5.74, 6) is 0.509. The third-order valence-corrected chi connectivity index (χ3v) is 5.40. The summed E-state index contributed by atoms with van der Waals surface area (Å²) < 4.78 is 1.06. The minimum atomic E-state index is 0.509. The number of anilines is 1. The first-order chi connectivity index (χ1) is 12.8. The minimum Gasteiger partial charge on any atom is -0.384 e. The molecule has 0 aliphatic carbocycles. The first-order valence-electron chi connectivity index (χ1n) is 8.27. The van der Waals surface area contributed by atoms with Crippen molar-refractivity contribution in [3.8, 4) is 22.4 Å². The minimum absolute atomic E-state index is 0.509. The molecule has 5 rings (SSSR count). The van der Waals surface area contributed by atoms with E-state index < -0.39 is 0 Å². The molecule has 0 atom stereocenters. The molecule has 0 fully saturated rings. The lowest BCUT2D eigenvalue weighted by Gasteiger charge is -2.10. The lowest BCUT2D eigenvalue weighted by Crippen LogP contribution is -1.94. The van der Waals surface area contributed by atoms with E-state index in [4.69, 9.17) is 5.73 Å². The van der Waals surface area contributed by atoms with E-state index in [-0.39, 0.29) is 0 Å². The number of nitrogens with zero attached hydrogens (tertiary/aromatic N) is 3. The van der Waals surface area contributed by atoms with Gasteiger partial charge in [-0.05, 0) is 17.7 Å². The molecular weight excluding hydrogens is 340 g/mol. The van der Waals surface area contributed by atoms with E-state index in [9.17, 15) is 0 Å². The smallest absolute Gasteiger partial charge is 0.149 e. The first kappa shape index (κ1) is 15.0. The number of hydrogen-bond donors (Lipinski definition) is 1. The molecule has 3 aromatic heterocycles. The number of nitrogens with two attached hydrogens (primary N) is 1. The molecule has 3 heterocycles. The zero-order valence-corrected chi connectivity index (χ0v) is 14.6. The third kappa shape index (κ3) is 2.33. The quantitative estimate of drug-likeness (QED) is 0.476. The lowest BCUT2D eigenvalue weighted by atomic mass is 9.97. The van der Waals surface area contributed by atoms with Gasteiger partial charge >= 0.3 is 0 Å². The van der Waals surface area contributed by atoms with Crippen LogP contribution in [0.15, 0.2) is 72.8 Å². The average molecular weight is 354 g/mol. The molecule has 0 radical (unpaired) electrons. The number of fused-ring (bicyclic) bond motifs is 3. The molecule has 4 nitrogen and oxygen atoms in total. The van der Waals surface area contributed by atoms with E-state index in [0.29, 0.717) is 5.82 Å². The van der Waals surface area contributed by atoms with Crippen molar-refractivity contribution in [3.63, 3.8) is 0 Å². The second-order valence-electron chi connectivity index (χ2n) is 6.02. The van der Waals surface area contributed by atoms with Crippen LogP contribution in [0.1, 0.15) is 0 Å². The van der Waals surface area contributed by atoms with Crippen LogP contribution in [0.25, 0.3) is 42.8 Å². The Bertz CT molecular complexity index is 1230. The van der Waals surface area contributed by atoms with Crippen LogP contribution in [0.2, 0.25) is 0 Å². The van der Waals surface area contributed by atoms with Gasteiger partial charge in [-0.1, -0.05) is 60.7 Å². The van der Waals surface area contributed by atoms with Crippen molar-refractivity contribution in [1.29, 1.82) is 0 Å². The van der Waals surface area contributed by atoms with E-state index in [1.54, 1.807) is 11.3 Å². The number of nitrogen functional groups attached to an aromatic ring is 1. The standard InChI is InChI=1S/C21H14N4S/c22-16-12-11-15-20(23-16)18-17(13-7-3-1-4-8-13)19(24-25-21(18)26-15)14-9-5-2-6-10-14/h1-12H,(H2,22,23). The van der Waals surface area contributed by atoms with Gasteiger partial charge in [-0.2, -0.15) is 0 Å². The fourth-order valence-corrected chi connectivity index (χ4v) is 4.19. The maximum absolute atomic E-state index is 5.97. The van der Waals surface area contributed by atoms with E-state index in [1.807, 2.05) is 48.5 Å². The van der Waals surface area contributed by atoms with Crippen LogP contribution in [0, 0.1) is 0 Å². The molecule has 0 unspecified atom stereocenters. The molecule has 0 bridgehead atoms. The number of benzene rings is 2. The van der Waals surface area contributed by atoms with Crippen LogP contribution in [-0.2, 0) is 0 Å². The van der Waals surface area contributed by atoms with Gasteiger partial charge in [0.2, 0.25) is 0 Å². The average Bonchev–Trinajstić information content (AvgIpc) is 3.06. The van der Waals surface area contributed by atoms with Gasteiger partial charge in [0.25, 0.3) is 0 Å². The first-order valence-corrected chi connectivity index (χ1v) is 9.09. The molecule has 5 aromatic rings. The van der Waals surface area contributed by atoms with Gasteiger partial charge in [0.15, 0.2) is 0 Å². The molecule has 2 aromatic carbocycles. The van der Waals surface area contributed by atoms with Gasteiger partial charge < -0.3 is 5.73 Å². The predicted octanol–water partition coefficient (Wildman–Crippen LogP) is 5.16. The summed E-state index contributed by atoms with van der Waals surface area (Å²) in [6.07, 6.45) is 0. The topological polar surface area (TPSA) is 64.7 Å². The van der Waals surface area contributed by atoms with Gasteiger partial charge in [-0.25, -0.2) is 4.98 Å². The van der Waals surface area contributed by atoms with Gasteiger partial charge in [-0.3, -0.25) is 0 Å². The molecule has 0 amide bonds. The molecule has 5 heteroatoms. The molecule has 0 spiro atoms. The molecule has 0 aliphatic heterocycles. The maximum Gasteiger partial charge on any atom is 0.149 e. The fraction of sp³-hybridized carbons (Fsp3) is 0. The lowest BCUT2D eigenvalue weighted by molar-refractivity contribution is 1.09. The highest BCUT2D eigenvalue weighted by molar-refractivity contribution is 7.25. The van der Waals surface area contributed by atoms with Crippen molar-refractivity contribution in [1.82, 2.24) is 15.2 Å². The van der Waals surface area contributed by atoms with Gasteiger partial charge in [-0.15, -0.1) is 21.5 Å². The summed E-state index contributed by atoms with van der Waals surface area (Å²) in [7, 11) is 0. The van der Waals surface area contributed by atoms with Crippen LogP contribution in [0.4, 0.5) is 5.82 Å². The van der Waals surface area contributed by atoms with E-state index >= 15 is 0 Å². The second-order valence-corrected chi connectivity index (χ2v) is 7.05. The zero-order chi connectivity index (χ0) is 17.5. The molecule has 0 aliphatic rings. The number of rotatable bonds is 2. The van der Waals surface area contributed by atoms with Crippen molar-refractivity contribution in [3.05, 3.63) is 72.8 Å². The Hall–Kier alpha value is -3.31. The molecular formula is C21H14N4S. The maximum atomic E-state index is 5.97. The second kappa shape index (κ2) is 5.89. The predicted molar refractivity (Wildman–Crippen MR) is 108 cm³/mol. The van der Waals surface area contributed by atoms with E-state index in [0.717, 1.165) is 42.8 Å². The largest absolute Gasteiger partial charge is 0.384 e. The van der Waals surface area contributed by atoms with Gasteiger partial charge in [0.05, 0.1) is 10.2 Å². The summed E-state index contributed by atoms with van der Waals surface area (Å²) in [6, 6.07) is 24.2. The monoisotopic (exact) mass is 354 g/mol. The number of pyridine rings is 1. The van der Waals surface area contributed by atoms with Crippen LogP contribution in [0.3, 0.4) is 0 Å². The fourth-order valence-electron chi connectivity index (χ4n) is 3.22. The molecule has 2 N–H and O–H groups in total. The van der Waals surface area contributed by atoms with Crippen molar-refractivity contribution in [2.75, 3.05) is 5.73 Å². The Morgan fingerprint density at radius 2 is 1.42 bits per heavy atom. The summed E-state index contributed by atoms with van der Waals surface area (Å²) in [6.45, 7) is 0. The third-order valence-electron chi connectivity index (χ3n) is 4.37. The molecule has 0 saturated carbocycles. The Morgan fingerprint density at radius 1 is 0.731 bits per heavy atom. The van der Waals surface area contributed by atoms with Gasteiger partial charge in [0.1, 0.15) is 16.3 Å². The number of aromatic nitrogens is 3. The summed E-state index contributed by atoms with van der Waals surface area (Å²) in [5.41, 5.74) is 10.9. The summed E-state index contributed by atoms with van der Waals surface area (Å²) in [4.78, 5) is 5.48. The number of thiophene rings is 1. The Labute approximate surface area is 154 Å². The van der Waals surface area contributed by atoms with E-state index in [1.165, 1.54) is 0 Å². The van der Waals surface area contributed by atoms with Crippen molar-refractivity contribution < 1.29 is 0 Å². The highest BCUT2D eigenvalue weighted by Gasteiger charge is 2.19. The summed E-state index contributed by atoms with van der Waals surface area (Å²) in [5, 5.41) is 10.1. The molecule has 124 valence electrons. The normalized spacial score (nSPS) is 11.2. The highest BCUT2D eigenvalue weighted by Crippen LogP contribution is 2.42. The van der Waals surface area contributed by atoms with Crippen molar-refractivity contribution >= 4 is 37.6 Å². The Balaban J connectivity index is 1.97. The van der Waals surface area contributed by atoms with Crippen molar-refractivity contribution in [2.24, 2.45) is 0 Å². The number of hydrogen-bond acceptors (Lipinski definition) is 5.